The van der Waals surface area contributed by atoms with Gasteiger partial charge in [0.2, 0.25) is 0 Å². The molecule has 0 radical (unpaired) electrons. The van der Waals surface area contributed by atoms with E-state index in [4.69, 9.17) is 21.7 Å². The maximum atomic E-state index is 6.00. The molecular weight excluding hydrogens is 372 g/mol. The predicted molar refractivity (Wildman–Crippen MR) is 111 cm³/mol. The monoisotopic (exact) mass is 402 g/mol. The van der Waals surface area contributed by atoms with E-state index in [1.165, 1.54) is 37.7 Å². The van der Waals surface area contributed by atoms with Gasteiger partial charge >= 0.3 is 0 Å². The van der Waals surface area contributed by atoms with Crippen LogP contribution in [0, 0.1) is 4.77 Å². The van der Waals surface area contributed by atoms with Crippen molar-refractivity contribution in [3.8, 4) is 5.75 Å². The molecule has 1 saturated heterocycles. The maximum absolute atomic E-state index is 6.00. The molecule has 4 rings (SSSR count). The summed E-state index contributed by atoms with van der Waals surface area (Å²) < 4.78 is 15.9. The van der Waals surface area contributed by atoms with E-state index in [0.29, 0.717) is 13.3 Å². The van der Waals surface area contributed by atoms with E-state index < -0.39 is 0 Å². The molecule has 6 nitrogen and oxygen atoms in total. The zero-order chi connectivity index (χ0) is 19.3. The molecule has 0 spiro atoms. The Morgan fingerprint density at radius 2 is 1.82 bits per heavy atom. The van der Waals surface area contributed by atoms with Crippen LogP contribution < -0.4 is 4.74 Å². The molecule has 0 N–H and O–H groups in total. The highest BCUT2D eigenvalue weighted by molar-refractivity contribution is 7.71. The highest BCUT2D eigenvalue weighted by Crippen LogP contribution is 2.33. The van der Waals surface area contributed by atoms with Crippen molar-refractivity contribution in [2.75, 3.05) is 26.3 Å². The van der Waals surface area contributed by atoms with Gasteiger partial charge in [-0.15, -0.1) is 0 Å². The van der Waals surface area contributed by atoms with Crippen molar-refractivity contribution < 1.29 is 9.47 Å². The standard InChI is InChI=1S/C21H30N4O2S/c1-23-20(22-25(21(23)28)16-24-11-13-26-14-12-24)15-27-19-9-7-18(8-10-19)17-5-3-2-4-6-17/h7-10,17H,2-6,11-16H2,1H3. The quantitative estimate of drug-likeness (QED) is 0.687. The molecule has 1 aromatic carbocycles. The Morgan fingerprint density at radius 1 is 1.11 bits per heavy atom. The molecule has 2 fully saturated rings. The lowest BCUT2D eigenvalue weighted by molar-refractivity contribution is 0.0208. The van der Waals surface area contributed by atoms with E-state index in [0.717, 1.165) is 48.6 Å². The summed E-state index contributed by atoms with van der Waals surface area (Å²) in [5.41, 5.74) is 1.44. The number of hydrogen-bond acceptors (Lipinski definition) is 5. The van der Waals surface area contributed by atoms with Crippen LogP contribution in [0.4, 0.5) is 0 Å². The number of ether oxygens (including phenoxy) is 2. The fourth-order valence-electron chi connectivity index (χ4n) is 4.10. The summed E-state index contributed by atoms with van der Waals surface area (Å²) >= 11 is 5.55. The van der Waals surface area contributed by atoms with Crippen molar-refractivity contribution in [3.05, 3.63) is 40.4 Å². The fraction of sp³-hybridized carbons (Fsp3) is 0.619. The molecule has 2 aromatic rings. The predicted octanol–water partition coefficient (Wildman–Crippen LogP) is 3.87. The van der Waals surface area contributed by atoms with Gasteiger partial charge in [0.25, 0.3) is 0 Å². The van der Waals surface area contributed by atoms with Crippen molar-refractivity contribution in [2.45, 2.75) is 51.3 Å². The first-order valence-electron chi connectivity index (χ1n) is 10.4. The summed E-state index contributed by atoms with van der Waals surface area (Å²) in [5.74, 6) is 2.45. The number of aromatic nitrogens is 3. The van der Waals surface area contributed by atoms with Gasteiger partial charge in [-0.25, -0.2) is 4.68 Å². The molecule has 7 heteroatoms. The SMILES string of the molecule is Cn1c(COc2ccc(C3CCCCC3)cc2)nn(CN2CCOCC2)c1=S. The third-order valence-electron chi connectivity index (χ3n) is 5.89. The van der Waals surface area contributed by atoms with Crippen LogP contribution in [-0.4, -0.2) is 45.6 Å². The van der Waals surface area contributed by atoms with Gasteiger partial charge in [-0.05, 0) is 48.7 Å². The lowest BCUT2D eigenvalue weighted by Crippen LogP contribution is -2.37. The Labute approximate surface area is 172 Å². The minimum atomic E-state index is 0.416. The minimum absolute atomic E-state index is 0.416. The van der Waals surface area contributed by atoms with Crippen LogP contribution in [0.3, 0.4) is 0 Å². The van der Waals surface area contributed by atoms with E-state index in [2.05, 4.69) is 34.3 Å². The lowest BCUT2D eigenvalue weighted by atomic mass is 9.84. The zero-order valence-electron chi connectivity index (χ0n) is 16.7. The molecule has 0 bridgehead atoms. The van der Waals surface area contributed by atoms with Crippen LogP contribution >= 0.6 is 12.2 Å². The van der Waals surface area contributed by atoms with Gasteiger partial charge in [0.15, 0.2) is 10.6 Å². The van der Waals surface area contributed by atoms with Gasteiger partial charge in [0, 0.05) is 20.1 Å². The van der Waals surface area contributed by atoms with Gasteiger partial charge in [-0.2, -0.15) is 5.10 Å². The second-order valence-corrected chi connectivity index (χ2v) is 8.19. The smallest absolute Gasteiger partial charge is 0.198 e. The third-order valence-corrected chi connectivity index (χ3v) is 6.38. The molecule has 1 aliphatic heterocycles. The van der Waals surface area contributed by atoms with Crippen LogP contribution in [0.2, 0.25) is 0 Å². The second kappa shape index (κ2) is 9.20. The van der Waals surface area contributed by atoms with Gasteiger partial charge in [0.1, 0.15) is 12.4 Å². The second-order valence-electron chi connectivity index (χ2n) is 7.82. The number of hydrogen-bond donors (Lipinski definition) is 0. The molecule has 1 aromatic heterocycles. The molecular formula is C21H30N4O2S. The van der Waals surface area contributed by atoms with Crippen LogP contribution in [0.1, 0.15) is 49.4 Å². The van der Waals surface area contributed by atoms with E-state index >= 15 is 0 Å². The Morgan fingerprint density at radius 3 is 2.54 bits per heavy atom. The zero-order valence-corrected chi connectivity index (χ0v) is 17.5. The Bertz CT molecular complexity index is 818. The summed E-state index contributed by atoms with van der Waals surface area (Å²) in [4.78, 5) is 2.31. The molecule has 28 heavy (non-hydrogen) atoms. The number of benzene rings is 1. The molecule has 152 valence electrons. The van der Waals surface area contributed by atoms with Crippen LogP contribution in [0.15, 0.2) is 24.3 Å². The lowest BCUT2D eigenvalue weighted by Gasteiger charge is -2.26. The first kappa shape index (κ1) is 19.6. The molecule has 0 unspecified atom stereocenters. The summed E-state index contributed by atoms with van der Waals surface area (Å²) in [7, 11) is 1.95. The normalized spacial score (nSPS) is 19.0. The first-order chi connectivity index (χ1) is 13.7. The topological polar surface area (TPSA) is 44.5 Å². The Balaban J connectivity index is 1.36. The molecule has 2 heterocycles. The van der Waals surface area contributed by atoms with Crippen LogP contribution in [0.25, 0.3) is 0 Å². The number of rotatable bonds is 6. The Kier molecular flexibility index (Phi) is 6.44. The molecule has 2 aliphatic rings. The molecule has 1 saturated carbocycles. The number of morpholine rings is 1. The number of nitrogens with zero attached hydrogens (tertiary/aromatic N) is 4. The van der Waals surface area contributed by atoms with E-state index in [-0.39, 0.29) is 0 Å². The molecule has 0 amide bonds. The third kappa shape index (κ3) is 4.64. The van der Waals surface area contributed by atoms with Crippen molar-refractivity contribution in [1.29, 1.82) is 0 Å². The van der Waals surface area contributed by atoms with Gasteiger partial charge in [0.05, 0.1) is 19.9 Å². The highest BCUT2D eigenvalue weighted by atomic mass is 32.1. The molecule has 1 aliphatic carbocycles. The van der Waals surface area contributed by atoms with Gasteiger partial charge in [-0.3, -0.25) is 4.90 Å². The average Bonchev–Trinajstić information content (AvgIpc) is 3.02. The highest BCUT2D eigenvalue weighted by Gasteiger charge is 2.16. The van der Waals surface area contributed by atoms with E-state index in [1.54, 1.807) is 0 Å². The average molecular weight is 403 g/mol. The summed E-state index contributed by atoms with van der Waals surface area (Å²) in [5, 5.41) is 4.68. The summed E-state index contributed by atoms with van der Waals surface area (Å²) in [6, 6.07) is 8.62. The fourth-order valence-corrected chi connectivity index (χ4v) is 4.31. The van der Waals surface area contributed by atoms with Crippen molar-refractivity contribution in [1.82, 2.24) is 19.2 Å². The van der Waals surface area contributed by atoms with E-state index in [9.17, 15) is 0 Å². The first-order valence-corrected chi connectivity index (χ1v) is 10.8. The van der Waals surface area contributed by atoms with Gasteiger partial charge < -0.3 is 14.0 Å². The molecule has 0 atom stereocenters. The van der Waals surface area contributed by atoms with Crippen LogP contribution in [0.5, 0.6) is 5.75 Å². The van der Waals surface area contributed by atoms with E-state index in [1.807, 2.05) is 16.3 Å². The Hall–Kier alpha value is -1.70. The van der Waals surface area contributed by atoms with Crippen molar-refractivity contribution in [2.24, 2.45) is 7.05 Å². The minimum Gasteiger partial charge on any atom is -0.486 e. The van der Waals surface area contributed by atoms with Gasteiger partial charge in [-0.1, -0.05) is 31.4 Å². The maximum Gasteiger partial charge on any atom is 0.198 e. The summed E-state index contributed by atoms with van der Waals surface area (Å²) in [6.07, 6.45) is 6.74. The van der Waals surface area contributed by atoms with Crippen LogP contribution in [-0.2, 0) is 25.1 Å². The summed E-state index contributed by atoms with van der Waals surface area (Å²) in [6.45, 7) is 4.49. The largest absolute Gasteiger partial charge is 0.486 e. The van der Waals surface area contributed by atoms with Crippen molar-refractivity contribution in [3.63, 3.8) is 0 Å². The van der Waals surface area contributed by atoms with Crippen molar-refractivity contribution >= 4 is 12.2 Å².